The van der Waals surface area contributed by atoms with Crippen LogP contribution in [0.4, 0.5) is 39.5 Å². The van der Waals surface area contributed by atoms with E-state index in [1.165, 1.54) is 12.1 Å². The molecule has 0 aliphatic rings. The standard InChI is InChI=1S/C27H20F4N6O2/c1-37(2)23-10-3-15(13-32-23)16-11-22-24(33-14-16)36-25(39-22)20-12-19(8-9-21(20)28)35-26(38)34-18-6-4-17(5-7-18)27(29,30)31/h3-14H,1-2H3,(H2,34,35,38). The number of halogens is 4. The molecular weight excluding hydrogens is 516 g/mol. The van der Waals surface area contributed by atoms with Gasteiger partial charge in [0.25, 0.3) is 0 Å². The van der Waals surface area contributed by atoms with Crippen LogP contribution < -0.4 is 15.5 Å². The molecule has 12 heteroatoms. The van der Waals surface area contributed by atoms with Crippen LogP contribution in [0.2, 0.25) is 0 Å². The molecule has 39 heavy (non-hydrogen) atoms. The third kappa shape index (κ3) is 5.64. The van der Waals surface area contributed by atoms with Crippen LogP contribution in [0, 0.1) is 5.82 Å². The van der Waals surface area contributed by atoms with E-state index in [2.05, 4.69) is 25.6 Å². The predicted octanol–water partition coefficient (Wildman–Crippen LogP) is 6.82. The van der Waals surface area contributed by atoms with Gasteiger partial charge >= 0.3 is 12.2 Å². The van der Waals surface area contributed by atoms with E-state index in [0.717, 1.165) is 47.3 Å². The second kappa shape index (κ2) is 10.0. The van der Waals surface area contributed by atoms with E-state index < -0.39 is 23.6 Å². The van der Waals surface area contributed by atoms with Gasteiger partial charge in [-0.25, -0.2) is 19.2 Å². The number of aromatic nitrogens is 3. The van der Waals surface area contributed by atoms with E-state index in [0.29, 0.717) is 5.58 Å². The van der Waals surface area contributed by atoms with E-state index in [9.17, 15) is 22.4 Å². The van der Waals surface area contributed by atoms with Crippen LogP contribution in [0.1, 0.15) is 5.56 Å². The number of nitrogens with one attached hydrogen (secondary N) is 2. The van der Waals surface area contributed by atoms with Gasteiger partial charge in [-0.3, -0.25) is 0 Å². The number of urea groups is 1. The van der Waals surface area contributed by atoms with Crippen LogP contribution in [0.15, 0.2) is 77.5 Å². The monoisotopic (exact) mass is 536 g/mol. The van der Waals surface area contributed by atoms with Crippen LogP contribution in [-0.2, 0) is 6.18 Å². The molecule has 8 nitrogen and oxygen atoms in total. The summed E-state index contributed by atoms with van der Waals surface area (Å²) in [5, 5.41) is 4.94. The second-order valence-electron chi connectivity index (χ2n) is 8.71. The highest BCUT2D eigenvalue weighted by Crippen LogP contribution is 2.31. The number of alkyl halides is 3. The van der Waals surface area contributed by atoms with Gasteiger partial charge < -0.3 is 20.0 Å². The lowest BCUT2D eigenvalue weighted by Gasteiger charge is -2.11. The maximum Gasteiger partial charge on any atom is 0.416 e. The zero-order valence-corrected chi connectivity index (χ0v) is 20.5. The molecule has 2 N–H and O–H groups in total. The molecule has 0 saturated heterocycles. The minimum absolute atomic E-state index is 0.0149. The average molecular weight is 536 g/mol. The highest BCUT2D eigenvalue weighted by Gasteiger charge is 2.30. The summed E-state index contributed by atoms with van der Waals surface area (Å²) >= 11 is 0. The van der Waals surface area contributed by atoms with Crippen LogP contribution in [-0.4, -0.2) is 35.1 Å². The Morgan fingerprint density at radius 2 is 1.56 bits per heavy atom. The molecule has 5 rings (SSSR count). The zero-order valence-electron chi connectivity index (χ0n) is 20.5. The number of pyridine rings is 2. The molecule has 0 atom stereocenters. The number of carbonyl (C=O) groups is 1. The number of benzene rings is 2. The smallest absolute Gasteiger partial charge is 0.416 e. The molecule has 2 amide bonds. The summed E-state index contributed by atoms with van der Waals surface area (Å²) in [6, 6.07) is 12.5. The molecule has 0 fully saturated rings. The number of carbonyl (C=O) groups excluding carboxylic acids is 1. The maximum atomic E-state index is 14.7. The van der Waals surface area contributed by atoms with Crippen molar-refractivity contribution < 1.29 is 26.8 Å². The third-order valence-electron chi connectivity index (χ3n) is 5.71. The summed E-state index contributed by atoms with van der Waals surface area (Å²) < 4.78 is 58.7. The summed E-state index contributed by atoms with van der Waals surface area (Å²) in [7, 11) is 3.78. The number of rotatable bonds is 5. The fourth-order valence-corrected chi connectivity index (χ4v) is 3.72. The van der Waals surface area contributed by atoms with Gasteiger partial charge in [-0.15, -0.1) is 0 Å². The van der Waals surface area contributed by atoms with E-state index in [4.69, 9.17) is 4.42 Å². The SMILES string of the molecule is CN(C)c1ccc(-c2cnc3nc(-c4cc(NC(=O)Nc5ccc(C(F)(F)F)cc5)ccc4F)oc3c2)cn1. The normalized spacial score (nSPS) is 11.4. The van der Waals surface area contributed by atoms with Gasteiger partial charge in [0, 0.05) is 49.0 Å². The minimum atomic E-state index is -4.48. The molecule has 198 valence electrons. The first-order valence-corrected chi connectivity index (χ1v) is 11.5. The lowest BCUT2D eigenvalue weighted by molar-refractivity contribution is -0.137. The summed E-state index contributed by atoms with van der Waals surface area (Å²) in [6.07, 6.45) is -1.16. The lowest BCUT2D eigenvalue weighted by Crippen LogP contribution is -2.19. The van der Waals surface area contributed by atoms with Crippen LogP contribution in [0.5, 0.6) is 0 Å². The Balaban J connectivity index is 1.34. The molecule has 0 aliphatic heterocycles. The predicted molar refractivity (Wildman–Crippen MR) is 139 cm³/mol. The Morgan fingerprint density at radius 1 is 0.872 bits per heavy atom. The fourth-order valence-electron chi connectivity index (χ4n) is 3.72. The summed E-state index contributed by atoms with van der Waals surface area (Å²) in [4.78, 5) is 27.2. The molecule has 3 aromatic heterocycles. The van der Waals surface area contributed by atoms with Crippen molar-refractivity contribution in [2.24, 2.45) is 0 Å². The van der Waals surface area contributed by atoms with E-state index in [1.54, 1.807) is 18.5 Å². The van der Waals surface area contributed by atoms with Gasteiger partial charge in [0.05, 0.1) is 11.1 Å². The largest absolute Gasteiger partial charge is 0.434 e. The van der Waals surface area contributed by atoms with Crippen LogP contribution in [0.3, 0.4) is 0 Å². The molecular formula is C27H20F4N6O2. The lowest BCUT2D eigenvalue weighted by atomic mass is 10.1. The summed E-state index contributed by atoms with van der Waals surface area (Å²) in [5.74, 6) is 0.116. The molecule has 0 saturated carbocycles. The van der Waals surface area contributed by atoms with Crippen molar-refractivity contribution in [3.05, 3.63) is 84.4 Å². The molecule has 0 spiro atoms. The first kappa shape index (κ1) is 25.6. The summed E-state index contributed by atoms with van der Waals surface area (Å²) in [5.41, 5.74) is 1.65. The van der Waals surface area contributed by atoms with Crippen molar-refractivity contribution in [3.63, 3.8) is 0 Å². The van der Waals surface area contributed by atoms with Crippen LogP contribution >= 0.6 is 0 Å². The number of anilines is 3. The first-order chi connectivity index (χ1) is 18.6. The van der Waals surface area contributed by atoms with Crippen molar-refractivity contribution in [3.8, 4) is 22.6 Å². The number of oxazole rings is 1. The number of hydrogen-bond acceptors (Lipinski definition) is 6. The molecule has 5 aromatic rings. The van der Waals surface area contributed by atoms with Gasteiger partial charge in [-0.05, 0) is 60.7 Å². The van der Waals surface area contributed by atoms with Crippen molar-refractivity contribution in [2.45, 2.75) is 6.18 Å². The number of amides is 2. The van der Waals surface area contributed by atoms with Crippen molar-refractivity contribution in [1.82, 2.24) is 15.0 Å². The van der Waals surface area contributed by atoms with Gasteiger partial charge in [0.15, 0.2) is 11.2 Å². The Morgan fingerprint density at radius 3 is 2.23 bits per heavy atom. The topological polar surface area (TPSA) is 96.2 Å². The molecule has 0 radical (unpaired) electrons. The average Bonchev–Trinajstić information content (AvgIpc) is 3.33. The molecule has 0 aliphatic carbocycles. The fraction of sp³-hybridized carbons (Fsp3) is 0.111. The highest BCUT2D eigenvalue weighted by atomic mass is 19.4. The van der Waals surface area contributed by atoms with E-state index in [-0.39, 0.29) is 28.5 Å². The van der Waals surface area contributed by atoms with Gasteiger partial charge in [0.2, 0.25) is 5.89 Å². The van der Waals surface area contributed by atoms with Crippen LogP contribution in [0.25, 0.3) is 33.8 Å². The molecule has 0 bridgehead atoms. The van der Waals surface area contributed by atoms with Crippen molar-refractivity contribution >= 4 is 34.5 Å². The number of nitrogens with zero attached hydrogens (tertiary/aromatic N) is 4. The van der Waals surface area contributed by atoms with Gasteiger partial charge in [0.1, 0.15) is 11.6 Å². The van der Waals surface area contributed by atoms with Gasteiger partial charge in [-0.2, -0.15) is 18.2 Å². The Hall–Kier alpha value is -5.00. The van der Waals surface area contributed by atoms with Crippen molar-refractivity contribution in [2.75, 3.05) is 29.6 Å². The second-order valence-corrected chi connectivity index (χ2v) is 8.71. The van der Waals surface area contributed by atoms with E-state index >= 15 is 0 Å². The van der Waals surface area contributed by atoms with E-state index in [1.807, 2.05) is 31.1 Å². The third-order valence-corrected chi connectivity index (χ3v) is 5.71. The number of hydrogen-bond donors (Lipinski definition) is 2. The Kier molecular flexibility index (Phi) is 6.60. The Bertz CT molecular complexity index is 1650. The minimum Gasteiger partial charge on any atom is -0.434 e. The quantitative estimate of drug-likeness (QED) is 0.239. The first-order valence-electron chi connectivity index (χ1n) is 11.5. The molecule has 2 aromatic carbocycles. The highest BCUT2D eigenvalue weighted by molar-refractivity contribution is 6.00. The molecule has 0 unspecified atom stereocenters. The Labute approximate surface area is 219 Å². The maximum absolute atomic E-state index is 14.7. The van der Waals surface area contributed by atoms with Gasteiger partial charge in [-0.1, -0.05) is 0 Å². The summed E-state index contributed by atoms with van der Waals surface area (Å²) in [6.45, 7) is 0. The molecule has 3 heterocycles. The zero-order chi connectivity index (χ0) is 27.7. The van der Waals surface area contributed by atoms with Crippen molar-refractivity contribution in [1.29, 1.82) is 0 Å². The number of fused-ring (bicyclic) bond motifs is 1.